The number of nitrogens with one attached hydrogen (secondary N) is 1. The molecule has 0 bridgehead atoms. The summed E-state index contributed by atoms with van der Waals surface area (Å²) in [6, 6.07) is 0.380. The summed E-state index contributed by atoms with van der Waals surface area (Å²) >= 11 is 0. The van der Waals surface area contributed by atoms with Crippen molar-refractivity contribution in [1.29, 1.82) is 0 Å². The molecule has 1 heterocycles. The first-order valence-electron chi connectivity index (χ1n) is 5.65. The van der Waals surface area contributed by atoms with Gasteiger partial charge in [0.2, 0.25) is 0 Å². The number of rotatable bonds is 3. The molecule has 3 nitrogen and oxygen atoms in total. The Hall–Kier alpha value is -0.540. The van der Waals surface area contributed by atoms with Crippen LogP contribution in [0.3, 0.4) is 0 Å². The van der Waals surface area contributed by atoms with Gasteiger partial charge < -0.3 is 4.74 Å². The van der Waals surface area contributed by atoms with Crippen LogP contribution in [0.5, 0.6) is 0 Å². The molecule has 0 aromatic carbocycles. The van der Waals surface area contributed by atoms with Crippen LogP contribution in [-0.4, -0.2) is 12.6 Å². The van der Waals surface area contributed by atoms with Gasteiger partial charge in [-0.15, -0.1) is 0 Å². The van der Waals surface area contributed by atoms with Crippen LogP contribution in [0.4, 0.5) is 0 Å². The van der Waals surface area contributed by atoms with E-state index in [2.05, 4.69) is 5.43 Å². The number of fused-ring (bicyclic) bond motifs is 1. The molecule has 3 aliphatic rings. The highest BCUT2D eigenvalue weighted by molar-refractivity contribution is 5.15. The normalized spacial score (nSPS) is 41.5. The predicted octanol–water partition coefficient (Wildman–Crippen LogP) is 1.17. The van der Waals surface area contributed by atoms with E-state index in [1.165, 1.54) is 24.8 Å². The molecule has 3 unspecified atom stereocenters. The highest BCUT2D eigenvalue weighted by Crippen LogP contribution is 2.55. The van der Waals surface area contributed by atoms with Gasteiger partial charge in [0.1, 0.15) is 0 Å². The van der Waals surface area contributed by atoms with Gasteiger partial charge in [-0.25, -0.2) is 0 Å². The lowest BCUT2D eigenvalue weighted by Crippen LogP contribution is -2.41. The highest BCUT2D eigenvalue weighted by atomic mass is 16.5. The van der Waals surface area contributed by atoms with Crippen molar-refractivity contribution in [1.82, 2.24) is 5.43 Å². The number of hydrazine groups is 1. The predicted molar refractivity (Wildman–Crippen MR) is 54.1 cm³/mol. The molecule has 3 N–H and O–H groups in total. The smallest absolute Gasteiger partial charge is 0.0912 e. The largest absolute Gasteiger partial charge is 0.501 e. The summed E-state index contributed by atoms with van der Waals surface area (Å²) < 4.78 is 5.28. The van der Waals surface area contributed by atoms with Crippen molar-refractivity contribution in [2.24, 2.45) is 23.6 Å². The van der Waals surface area contributed by atoms with Crippen LogP contribution < -0.4 is 11.3 Å². The minimum atomic E-state index is 0.380. The summed E-state index contributed by atoms with van der Waals surface area (Å²) in [6.45, 7) is 0.840. The third-order valence-corrected chi connectivity index (χ3v) is 4.07. The Morgan fingerprint density at radius 1 is 1.36 bits per heavy atom. The van der Waals surface area contributed by atoms with Crippen LogP contribution in [0.2, 0.25) is 0 Å². The van der Waals surface area contributed by atoms with E-state index in [4.69, 9.17) is 10.6 Å². The third-order valence-electron chi connectivity index (χ3n) is 4.07. The van der Waals surface area contributed by atoms with Gasteiger partial charge in [-0.2, -0.15) is 0 Å². The summed E-state index contributed by atoms with van der Waals surface area (Å²) in [4.78, 5) is 0. The summed E-state index contributed by atoms with van der Waals surface area (Å²) in [6.07, 6.45) is 7.19. The molecule has 2 aliphatic carbocycles. The highest BCUT2D eigenvalue weighted by Gasteiger charge is 2.48. The van der Waals surface area contributed by atoms with Gasteiger partial charge >= 0.3 is 0 Å². The quantitative estimate of drug-likeness (QED) is 0.523. The summed E-state index contributed by atoms with van der Waals surface area (Å²) in [7, 11) is 0. The zero-order valence-corrected chi connectivity index (χ0v) is 8.41. The first-order valence-corrected chi connectivity index (χ1v) is 5.65. The van der Waals surface area contributed by atoms with Gasteiger partial charge in [-0.1, -0.05) is 0 Å². The van der Waals surface area contributed by atoms with Crippen LogP contribution in [-0.2, 0) is 4.74 Å². The molecule has 78 valence electrons. The Morgan fingerprint density at radius 3 is 2.71 bits per heavy atom. The molecule has 3 rings (SSSR count). The lowest BCUT2D eigenvalue weighted by atomic mass is 9.89. The molecule has 0 amide bonds. The van der Waals surface area contributed by atoms with Gasteiger partial charge in [0, 0.05) is 12.5 Å². The Morgan fingerprint density at radius 2 is 2.14 bits per heavy atom. The van der Waals surface area contributed by atoms with Gasteiger partial charge in [0.15, 0.2) is 0 Å². The molecule has 2 fully saturated rings. The fourth-order valence-electron chi connectivity index (χ4n) is 3.21. The van der Waals surface area contributed by atoms with Crippen LogP contribution in [0.1, 0.15) is 25.7 Å². The first-order chi connectivity index (χ1) is 6.88. The van der Waals surface area contributed by atoms with E-state index in [-0.39, 0.29) is 0 Å². The second-order valence-electron chi connectivity index (χ2n) is 4.95. The van der Waals surface area contributed by atoms with Crippen LogP contribution in [0.15, 0.2) is 11.8 Å². The third kappa shape index (κ3) is 1.35. The van der Waals surface area contributed by atoms with Gasteiger partial charge in [-0.05, 0) is 42.6 Å². The number of ether oxygens (including phenoxy) is 1. The average molecular weight is 194 g/mol. The number of nitrogens with two attached hydrogens (primary N) is 1. The zero-order chi connectivity index (χ0) is 9.54. The summed E-state index contributed by atoms with van der Waals surface area (Å²) in [5.41, 5.74) is 4.35. The van der Waals surface area contributed by atoms with Crippen molar-refractivity contribution in [2.45, 2.75) is 31.7 Å². The van der Waals surface area contributed by atoms with Crippen molar-refractivity contribution < 1.29 is 4.74 Å². The molecule has 2 saturated carbocycles. The Labute approximate surface area is 84.7 Å². The van der Waals surface area contributed by atoms with E-state index in [0.717, 1.165) is 30.8 Å². The molecular formula is C11H18N2O. The van der Waals surface area contributed by atoms with Crippen molar-refractivity contribution in [3.05, 3.63) is 11.8 Å². The SMILES string of the molecule is NNC(C1=COCC1)C1CC2CC2C1. The van der Waals surface area contributed by atoms with Crippen molar-refractivity contribution in [3.8, 4) is 0 Å². The van der Waals surface area contributed by atoms with Crippen molar-refractivity contribution >= 4 is 0 Å². The van der Waals surface area contributed by atoms with Crippen LogP contribution in [0, 0.1) is 17.8 Å². The molecule has 14 heavy (non-hydrogen) atoms. The fraction of sp³-hybridized carbons (Fsp3) is 0.818. The van der Waals surface area contributed by atoms with Gasteiger partial charge in [0.25, 0.3) is 0 Å². The van der Waals surface area contributed by atoms with Crippen LogP contribution in [0.25, 0.3) is 0 Å². The molecule has 1 aliphatic heterocycles. The van der Waals surface area contributed by atoms with Crippen molar-refractivity contribution in [2.75, 3.05) is 6.61 Å². The Balaban J connectivity index is 1.67. The van der Waals surface area contributed by atoms with E-state index >= 15 is 0 Å². The maximum Gasteiger partial charge on any atom is 0.0912 e. The summed E-state index contributed by atoms with van der Waals surface area (Å²) in [5, 5.41) is 0. The fourth-order valence-corrected chi connectivity index (χ4v) is 3.21. The van der Waals surface area contributed by atoms with Gasteiger partial charge in [0.05, 0.1) is 12.9 Å². The maximum atomic E-state index is 5.65. The standard InChI is InChI=1S/C11H18N2O/c12-13-11(7-1-2-14-6-7)10-4-8-3-9(8)5-10/h6,8-11,13H,1-5,12H2. The second kappa shape index (κ2) is 3.24. The Kier molecular flexibility index (Phi) is 2.03. The lowest BCUT2D eigenvalue weighted by Gasteiger charge is -2.24. The van der Waals surface area contributed by atoms with E-state index in [1.807, 2.05) is 6.26 Å². The molecule has 3 atom stereocenters. The molecule has 0 saturated heterocycles. The molecule has 0 radical (unpaired) electrons. The number of hydrogen-bond donors (Lipinski definition) is 2. The minimum Gasteiger partial charge on any atom is -0.501 e. The molecule has 0 aromatic rings. The topological polar surface area (TPSA) is 47.3 Å². The maximum absolute atomic E-state index is 5.65. The van der Waals surface area contributed by atoms with E-state index < -0.39 is 0 Å². The molecule has 3 heteroatoms. The molecular weight excluding hydrogens is 176 g/mol. The van der Waals surface area contributed by atoms with Crippen molar-refractivity contribution in [3.63, 3.8) is 0 Å². The number of hydrogen-bond acceptors (Lipinski definition) is 3. The Bertz CT molecular complexity index is 254. The first kappa shape index (κ1) is 8.74. The van der Waals surface area contributed by atoms with E-state index in [1.54, 1.807) is 0 Å². The molecule has 0 spiro atoms. The summed E-state index contributed by atoms with van der Waals surface area (Å²) in [5.74, 6) is 8.46. The lowest BCUT2D eigenvalue weighted by molar-refractivity contribution is 0.281. The minimum absolute atomic E-state index is 0.380. The molecule has 0 aromatic heterocycles. The second-order valence-corrected chi connectivity index (χ2v) is 4.95. The van der Waals surface area contributed by atoms with Gasteiger partial charge in [-0.3, -0.25) is 11.3 Å². The van der Waals surface area contributed by atoms with Crippen LogP contribution >= 0.6 is 0 Å². The monoisotopic (exact) mass is 194 g/mol. The zero-order valence-electron chi connectivity index (χ0n) is 8.41. The van der Waals surface area contributed by atoms with E-state index in [9.17, 15) is 0 Å². The average Bonchev–Trinajstić information content (AvgIpc) is 2.70. The van der Waals surface area contributed by atoms with E-state index in [0.29, 0.717) is 6.04 Å².